The zero-order valence-corrected chi connectivity index (χ0v) is 9.23. The first-order valence-corrected chi connectivity index (χ1v) is 5.18. The smallest absolute Gasteiger partial charge is 0.0483 e. The highest BCUT2D eigenvalue weighted by molar-refractivity contribution is 5.01. The van der Waals surface area contributed by atoms with Gasteiger partial charge in [-0.1, -0.05) is 19.1 Å². The molecule has 0 rings (SSSR count). The second-order valence-corrected chi connectivity index (χ2v) is 3.34. The molecule has 0 saturated carbocycles. The number of nitrogens with one attached hydrogen (secondary N) is 1. The molecule has 0 aromatic carbocycles. The lowest BCUT2D eigenvalue weighted by Crippen LogP contribution is -2.31. The summed E-state index contributed by atoms with van der Waals surface area (Å²) in [6.07, 6.45) is 2.20. The quantitative estimate of drug-likeness (QED) is 0.463. The highest BCUT2D eigenvalue weighted by atomic mass is 16.5. The maximum Gasteiger partial charge on any atom is 0.0483 e. The van der Waals surface area contributed by atoms with Gasteiger partial charge in [0.05, 0.1) is 0 Å². The average molecular weight is 185 g/mol. The van der Waals surface area contributed by atoms with Crippen LogP contribution in [-0.2, 0) is 4.74 Å². The molecule has 0 amide bonds. The van der Waals surface area contributed by atoms with Gasteiger partial charge in [0.15, 0.2) is 0 Å². The van der Waals surface area contributed by atoms with E-state index in [1.807, 2.05) is 6.92 Å². The topological polar surface area (TPSA) is 21.3 Å². The molecule has 0 spiro atoms. The van der Waals surface area contributed by atoms with E-state index in [9.17, 15) is 0 Å². The molecule has 0 saturated heterocycles. The van der Waals surface area contributed by atoms with Gasteiger partial charge in [0.1, 0.15) is 0 Å². The Kier molecular flexibility index (Phi) is 8.05. The third kappa shape index (κ3) is 6.79. The van der Waals surface area contributed by atoms with Crippen LogP contribution in [-0.4, -0.2) is 25.8 Å². The summed E-state index contributed by atoms with van der Waals surface area (Å²) in [5.41, 5.74) is 1.20. The van der Waals surface area contributed by atoms with Crippen molar-refractivity contribution in [2.45, 2.75) is 39.7 Å². The third-order valence-corrected chi connectivity index (χ3v) is 1.99. The lowest BCUT2D eigenvalue weighted by atomic mass is 10.1. The van der Waals surface area contributed by atoms with Gasteiger partial charge in [-0.2, -0.15) is 0 Å². The van der Waals surface area contributed by atoms with Crippen LogP contribution in [0.1, 0.15) is 33.6 Å². The molecule has 0 aliphatic carbocycles. The first-order valence-electron chi connectivity index (χ1n) is 5.18. The number of rotatable bonds is 8. The Morgan fingerprint density at radius 1 is 1.46 bits per heavy atom. The van der Waals surface area contributed by atoms with Crippen molar-refractivity contribution in [1.29, 1.82) is 0 Å². The Morgan fingerprint density at radius 2 is 2.15 bits per heavy atom. The zero-order chi connectivity index (χ0) is 10.1. The van der Waals surface area contributed by atoms with Gasteiger partial charge in [0, 0.05) is 19.3 Å². The fourth-order valence-electron chi connectivity index (χ4n) is 1.19. The molecule has 0 aliphatic rings. The predicted octanol–water partition coefficient (Wildman–Crippen LogP) is 2.36. The lowest BCUT2D eigenvalue weighted by molar-refractivity contribution is 0.139. The molecule has 0 fully saturated rings. The van der Waals surface area contributed by atoms with E-state index in [0.29, 0.717) is 6.04 Å². The molecule has 2 nitrogen and oxygen atoms in total. The summed E-state index contributed by atoms with van der Waals surface area (Å²) in [6.45, 7) is 12.9. The molecule has 1 N–H and O–H groups in total. The Hall–Kier alpha value is -0.340. The second kappa shape index (κ2) is 8.27. The summed E-state index contributed by atoms with van der Waals surface area (Å²) in [7, 11) is 0. The van der Waals surface area contributed by atoms with Crippen molar-refractivity contribution in [1.82, 2.24) is 5.32 Å². The highest BCUT2D eigenvalue weighted by Crippen LogP contribution is 2.03. The van der Waals surface area contributed by atoms with Gasteiger partial charge in [-0.3, -0.25) is 0 Å². The molecule has 0 aromatic heterocycles. The van der Waals surface area contributed by atoms with E-state index < -0.39 is 0 Å². The SMILES string of the molecule is C=C(C)C(CCOCC)NCCC. The molecular formula is C11H23NO. The Bertz CT molecular complexity index is 134. The van der Waals surface area contributed by atoms with Crippen LogP contribution < -0.4 is 5.32 Å². The zero-order valence-electron chi connectivity index (χ0n) is 9.23. The molecule has 1 unspecified atom stereocenters. The second-order valence-electron chi connectivity index (χ2n) is 3.34. The average Bonchev–Trinajstić information content (AvgIpc) is 2.10. The van der Waals surface area contributed by atoms with Crippen LogP contribution in [0.3, 0.4) is 0 Å². The third-order valence-electron chi connectivity index (χ3n) is 1.99. The van der Waals surface area contributed by atoms with Crippen molar-refractivity contribution in [3.8, 4) is 0 Å². The van der Waals surface area contributed by atoms with Crippen molar-refractivity contribution in [2.24, 2.45) is 0 Å². The van der Waals surface area contributed by atoms with Gasteiger partial charge in [0.25, 0.3) is 0 Å². The Morgan fingerprint density at radius 3 is 2.62 bits per heavy atom. The van der Waals surface area contributed by atoms with E-state index in [1.54, 1.807) is 0 Å². The predicted molar refractivity (Wildman–Crippen MR) is 58.0 cm³/mol. The van der Waals surface area contributed by atoms with Gasteiger partial charge in [-0.25, -0.2) is 0 Å². The molecule has 13 heavy (non-hydrogen) atoms. The van der Waals surface area contributed by atoms with Crippen molar-refractivity contribution in [3.63, 3.8) is 0 Å². The molecule has 0 aliphatic heterocycles. The normalized spacial score (nSPS) is 12.8. The van der Waals surface area contributed by atoms with Crippen LogP contribution in [0.15, 0.2) is 12.2 Å². The maximum absolute atomic E-state index is 5.31. The first kappa shape index (κ1) is 12.7. The molecule has 0 bridgehead atoms. The van der Waals surface area contributed by atoms with E-state index in [0.717, 1.165) is 26.2 Å². The maximum atomic E-state index is 5.31. The number of hydrogen-bond donors (Lipinski definition) is 1. The van der Waals surface area contributed by atoms with Crippen LogP contribution in [0.4, 0.5) is 0 Å². The van der Waals surface area contributed by atoms with E-state index in [-0.39, 0.29) is 0 Å². The number of hydrogen-bond acceptors (Lipinski definition) is 2. The molecule has 1 atom stereocenters. The first-order chi connectivity index (χ1) is 6.22. The fourth-order valence-corrected chi connectivity index (χ4v) is 1.19. The molecule has 2 heteroatoms. The Balaban J connectivity index is 3.61. The van der Waals surface area contributed by atoms with Gasteiger partial charge < -0.3 is 10.1 Å². The standard InChI is InChI=1S/C11H23NO/c1-5-8-12-11(10(3)4)7-9-13-6-2/h11-12H,3,5-9H2,1-2,4H3. The minimum atomic E-state index is 0.423. The fraction of sp³-hybridized carbons (Fsp3) is 0.818. The van der Waals surface area contributed by atoms with E-state index in [4.69, 9.17) is 4.74 Å². The molecule has 0 radical (unpaired) electrons. The molecule has 0 aromatic rings. The van der Waals surface area contributed by atoms with Crippen LogP contribution in [0, 0.1) is 0 Å². The summed E-state index contributed by atoms with van der Waals surface area (Å²) in [4.78, 5) is 0. The lowest BCUT2D eigenvalue weighted by Gasteiger charge is -2.18. The monoisotopic (exact) mass is 185 g/mol. The molecule has 0 heterocycles. The van der Waals surface area contributed by atoms with E-state index in [2.05, 4.69) is 25.7 Å². The van der Waals surface area contributed by atoms with Crippen molar-refractivity contribution in [3.05, 3.63) is 12.2 Å². The van der Waals surface area contributed by atoms with Gasteiger partial charge >= 0.3 is 0 Å². The van der Waals surface area contributed by atoms with Crippen molar-refractivity contribution in [2.75, 3.05) is 19.8 Å². The highest BCUT2D eigenvalue weighted by Gasteiger charge is 2.06. The minimum Gasteiger partial charge on any atom is -0.382 e. The summed E-state index contributed by atoms with van der Waals surface area (Å²) in [5, 5.41) is 3.45. The summed E-state index contributed by atoms with van der Waals surface area (Å²) >= 11 is 0. The van der Waals surface area contributed by atoms with Gasteiger partial charge in [0.2, 0.25) is 0 Å². The van der Waals surface area contributed by atoms with Gasteiger partial charge in [-0.15, -0.1) is 0 Å². The van der Waals surface area contributed by atoms with Crippen LogP contribution in [0.25, 0.3) is 0 Å². The molecule has 78 valence electrons. The summed E-state index contributed by atoms with van der Waals surface area (Å²) in [6, 6.07) is 0.423. The Labute approximate surface area is 82.4 Å². The van der Waals surface area contributed by atoms with Gasteiger partial charge in [-0.05, 0) is 33.2 Å². The summed E-state index contributed by atoms with van der Waals surface area (Å²) < 4.78 is 5.31. The van der Waals surface area contributed by atoms with E-state index in [1.165, 1.54) is 12.0 Å². The van der Waals surface area contributed by atoms with Crippen molar-refractivity contribution >= 4 is 0 Å². The van der Waals surface area contributed by atoms with Crippen LogP contribution in [0.2, 0.25) is 0 Å². The van der Waals surface area contributed by atoms with Crippen LogP contribution in [0.5, 0.6) is 0 Å². The van der Waals surface area contributed by atoms with Crippen LogP contribution >= 0.6 is 0 Å². The van der Waals surface area contributed by atoms with Crippen molar-refractivity contribution < 1.29 is 4.74 Å². The number of ether oxygens (including phenoxy) is 1. The molecular weight excluding hydrogens is 162 g/mol. The summed E-state index contributed by atoms with van der Waals surface area (Å²) in [5.74, 6) is 0. The largest absolute Gasteiger partial charge is 0.382 e. The van der Waals surface area contributed by atoms with E-state index >= 15 is 0 Å². The minimum absolute atomic E-state index is 0.423.